The van der Waals surface area contributed by atoms with Crippen LogP contribution < -0.4 is 5.32 Å². The Bertz CT molecular complexity index is 290. The first-order valence-corrected chi connectivity index (χ1v) is 6.56. The van der Waals surface area contributed by atoms with E-state index < -0.39 is 0 Å². The van der Waals surface area contributed by atoms with Gasteiger partial charge in [0.25, 0.3) is 0 Å². The van der Waals surface area contributed by atoms with Gasteiger partial charge in [0.2, 0.25) is 0 Å². The summed E-state index contributed by atoms with van der Waals surface area (Å²) in [5, 5.41) is 6.85. The van der Waals surface area contributed by atoms with Crippen LogP contribution in [0.25, 0.3) is 0 Å². The molecule has 4 heteroatoms. The Labute approximate surface area is 95.5 Å². The van der Waals surface area contributed by atoms with Crippen molar-refractivity contribution in [1.82, 2.24) is 15.2 Å². The van der Waals surface area contributed by atoms with E-state index in [4.69, 9.17) is 0 Å². The molecule has 1 saturated heterocycles. The first kappa shape index (κ1) is 11.0. The first-order valence-electron chi connectivity index (χ1n) is 5.69. The van der Waals surface area contributed by atoms with E-state index in [0.717, 1.165) is 25.2 Å². The van der Waals surface area contributed by atoms with E-state index in [-0.39, 0.29) is 0 Å². The molecule has 0 unspecified atom stereocenters. The van der Waals surface area contributed by atoms with Crippen LogP contribution in [-0.4, -0.2) is 42.6 Å². The molecule has 0 bridgehead atoms. The summed E-state index contributed by atoms with van der Waals surface area (Å²) in [6.07, 6.45) is 2.38. The molecule has 2 heterocycles. The minimum absolute atomic E-state index is 1.11. The van der Waals surface area contributed by atoms with Gasteiger partial charge in [0.15, 0.2) is 0 Å². The molecular formula is C11H19N3S. The van der Waals surface area contributed by atoms with E-state index in [2.05, 4.69) is 27.5 Å². The van der Waals surface area contributed by atoms with Crippen LogP contribution in [0.1, 0.15) is 17.1 Å². The molecule has 0 amide bonds. The molecule has 15 heavy (non-hydrogen) atoms. The summed E-state index contributed by atoms with van der Waals surface area (Å²) in [6.45, 7) is 7.95. The van der Waals surface area contributed by atoms with Gasteiger partial charge in [0, 0.05) is 37.1 Å². The molecule has 0 radical (unpaired) electrons. The lowest BCUT2D eigenvalue weighted by molar-refractivity contribution is 0.296. The van der Waals surface area contributed by atoms with E-state index in [1.165, 1.54) is 31.1 Å². The molecule has 84 valence electrons. The number of aromatic nitrogens is 1. The molecule has 2 rings (SSSR count). The van der Waals surface area contributed by atoms with Crippen molar-refractivity contribution in [2.75, 3.05) is 32.7 Å². The van der Waals surface area contributed by atoms with Gasteiger partial charge in [0.05, 0.1) is 5.01 Å². The Morgan fingerprint density at radius 3 is 3.20 bits per heavy atom. The lowest BCUT2D eigenvalue weighted by Gasteiger charge is -2.18. The summed E-state index contributed by atoms with van der Waals surface area (Å²) in [5.41, 5.74) is 1.16. The maximum Gasteiger partial charge on any atom is 0.0940 e. The third kappa shape index (κ3) is 3.55. The van der Waals surface area contributed by atoms with Crippen LogP contribution in [0.5, 0.6) is 0 Å². The maximum atomic E-state index is 4.49. The number of aryl methyl sites for hydroxylation is 1. The Morgan fingerprint density at radius 2 is 2.40 bits per heavy atom. The van der Waals surface area contributed by atoms with Gasteiger partial charge in [-0.3, -0.25) is 0 Å². The van der Waals surface area contributed by atoms with Gasteiger partial charge in [-0.2, -0.15) is 0 Å². The van der Waals surface area contributed by atoms with Crippen molar-refractivity contribution >= 4 is 11.3 Å². The third-order valence-corrected chi connectivity index (χ3v) is 3.77. The Balaban J connectivity index is 1.76. The zero-order chi connectivity index (χ0) is 10.5. The van der Waals surface area contributed by atoms with Crippen molar-refractivity contribution in [3.8, 4) is 0 Å². The highest BCUT2D eigenvalue weighted by Crippen LogP contribution is 2.10. The summed E-state index contributed by atoms with van der Waals surface area (Å²) in [7, 11) is 0. The third-order valence-electron chi connectivity index (χ3n) is 2.74. The van der Waals surface area contributed by atoms with Gasteiger partial charge in [-0.1, -0.05) is 0 Å². The fraction of sp³-hybridized carbons (Fsp3) is 0.727. The fourth-order valence-electron chi connectivity index (χ4n) is 1.90. The van der Waals surface area contributed by atoms with E-state index in [0.29, 0.717) is 0 Å². The largest absolute Gasteiger partial charge is 0.315 e. The Kier molecular flexibility index (Phi) is 4.11. The zero-order valence-electron chi connectivity index (χ0n) is 9.33. The lowest BCUT2D eigenvalue weighted by atomic mass is 10.3. The van der Waals surface area contributed by atoms with Gasteiger partial charge >= 0.3 is 0 Å². The molecule has 1 fully saturated rings. The van der Waals surface area contributed by atoms with Gasteiger partial charge in [-0.05, 0) is 26.4 Å². The highest BCUT2D eigenvalue weighted by Gasteiger charge is 2.08. The minimum atomic E-state index is 1.11. The highest BCUT2D eigenvalue weighted by atomic mass is 32.1. The smallest absolute Gasteiger partial charge is 0.0940 e. The number of hydrogen-bond donors (Lipinski definition) is 1. The molecule has 0 spiro atoms. The number of nitrogens with zero attached hydrogens (tertiary/aromatic N) is 2. The summed E-state index contributed by atoms with van der Waals surface area (Å²) >= 11 is 1.79. The SMILES string of the molecule is Cc1csc(CCN2CCCNCC2)n1. The monoisotopic (exact) mass is 225 g/mol. The lowest BCUT2D eigenvalue weighted by Crippen LogP contribution is -2.30. The normalized spacial score (nSPS) is 19.0. The predicted octanol–water partition coefficient (Wildman–Crippen LogP) is 1.29. The van der Waals surface area contributed by atoms with Crippen LogP contribution in [0.3, 0.4) is 0 Å². The maximum absolute atomic E-state index is 4.49. The molecule has 0 aromatic carbocycles. The molecule has 3 nitrogen and oxygen atoms in total. The van der Waals surface area contributed by atoms with E-state index >= 15 is 0 Å². The first-order chi connectivity index (χ1) is 7.34. The second kappa shape index (κ2) is 5.58. The molecule has 0 saturated carbocycles. The predicted molar refractivity (Wildman–Crippen MR) is 64.5 cm³/mol. The molecule has 1 aliphatic heterocycles. The molecule has 1 aliphatic rings. The van der Waals surface area contributed by atoms with Crippen LogP contribution >= 0.6 is 11.3 Å². The van der Waals surface area contributed by atoms with E-state index in [9.17, 15) is 0 Å². The van der Waals surface area contributed by atoms with Crippen LogP contribution in [0.4, 0.5) is 0 Å². The minimum Gasteiger partial charge on any atom is -0.315 e. The van der Waals surface area contributed by atoms with Crippen molar-refractivity contribution in [3.05, 3.63) is 16.1 Å². The van der Waals surface area contributed by atoms with Crippen molar-refractivity contribution < 1.29 is 0 Å². The van der Waals surface area contributed by atoms with Gasteiger partial charge in [0.1, 0.15) is 0 Å². The van der Waals surface area contributed by atoms with Crippen molar-refractivity contribution in [1.29, 1.82) is 0 Å². The molecule has 1 aromatic rings. The molecule has 1 N–H and O–H groups in total. The van der Waals surface area contributed by atoms with Crippen LogP contribution in [-0.2, 0) is 6.42 Å². The summed E-state index contributed by atoms with van der Waals surface area (Å²) in [5.74, 6) is 0. The highest BCUT2D eigenvalue weighted by molar-refractivity contribution is 7.09. The van der Waals surface area contributed by atoms with Crippen molar-refractivity contribution in [3.63, 3.8) is 0 Å². The summed E-state index contributed by atoms with van der Waals surface area (Å²) in [6, 6.07) is 0. The number of rotatable bonds is 3. The Morgan fingerprint density at radius 1 is 1.47 bits per heavy atom. The number of thiazole rings is 1. The number of hydrogen-bond acceptors (Lipinski definition) is 4. The van der Waals surface area contributed by atoms with Crippen molar-refractivity contribution in [2.45, 2.75) is 19.8 Å². The average molecular weight is 225 g/mol. The van der Waals surface area contributed by atoms with Crippen LogP contribution in [0.2, 0.25) is 0 Å². The van der Waals surface area contributed by atoms with Gasteiger partial charge < -0.3 is 10.2 Å². The zero-order valence-corrected chi connectivity index (χ0v) is 10.1. The second-order valence-electron chi connectivity index (χ2n) is 4.08. The van der Waals surface area contributed by atoms with Gasteiger partial charge in [-0.25, -0.2) is 4.98 Å². The number of nitrogens with one attached hydrogen (secondary N) is 1. The van der Waals surface area contributed by atoms with E-state index in [1.54, 1.807) is 11.3 Å². The van der Waals surface area contributed by atoms with Gasteiger partial charge in [-0.15, -0.1) is 11.3 Å². The van der Waals surface area contributed by atoms with Crippen molar-refractivity contribution in [2.24, 2.45) is 0 Å². The average Bonchev–Trinajstić information content (AvgIpc) is 2.52. The van der Waals surface area contributed by atoms with Crippen LogP contribution in [0.15, 0.2) is 5.38 Å². The standard InChI is InChI=1S/C11H19N3S/c1-10-9-15-11(13-10)3-7-14-6-2-4-12-5-8-14/h9,12H,2-8H2,1H3. The van der Waals surface area contributed by atoms with Crippen LogP contribution in [0, 0.1) is 6.92 Å². The quantitative estimate of drug-likeness (QED) is 0.840. The molecule has 0 atom stereocenters. The fourth-order valence-corrected chi connectivity index (χ4v) is 2.66. The second-order valence-corrected chi connectivity index (χ2v) is 5.02. The topological polar surface area (TPSA) is 28.2 Å². The summed E-state index contributed by atoms with van der Waals surface area (Å²) < 4.78 is 0. The molecule has 0 aliphatic carbocycles. The Hall–Kier alpha value is -0.450. The molecular weight excluding hydrogens is 206 g/mol. The summed E-state index contributed by atoms with van der Waals surface area (Å²) in [4.78, 5) is 7.03. The van der Waals surface area contributed by atoms with E-state index in [1.807, 2.05) is 0 Å². The molecule has 1 aromatic heterocycles.